The number of rotatable bonds is 4. The number of aliphatic hydroxyl groups excluding tert-OH is 1. The minimum atomic E-state index is -5.08. The van der Waals surface area contributed by atoms with Gasteiger partial charge in [0.25, 0.3) is 0 Å². The van der Waals surface area contributed by atoms with E-state index in [9.17, 15) is 23.1 Å². The van der Waals surface area contributed by atoms with Gasteiger partial charge in [-0.3, -0.25) is 0 Å². The highest BCUT2D eigenvalue weighted by molar-refractivity contribution is 5.73. The summed E-state index contributed by atoms with van der Waals surface area (Å²) in [5.41, 5.74) is 0. The van der Waals surface area contributed by atoms with Crippen LogP contribution in [0.5, 0.6) is 0 Å². The molecule has 18 heavy (non-hydrogen) atoms. The van der Waals surface area contributed by atoms with Gasteiger partial charge in [0.1, 0.15) is 12.6 Å². The lowest BCUT2D eigenvalue weighted by Gasteiger charge is -2.26. The number of carbonyl (C=O) groups is 2. The third-order valence-electron chi connectivity index (χ3n) is 1.40. The first kappa shape index (κ1) is 19.0. The number of halogens is 3. The van der Waals surface area contributed by atoms with E-state index in [1.807, 2.05) is 21.1 Å². The summed E-state index contributed by atoms with van der Waals surface area (Å²) in [7, 11) is 5.66. The third-order valence-corrected chi connectivity index (χ3v) is 1.40. The van der Waals surface area contributed by atoms with Gasteiger partial charge >= 0.3 is 12.1 Å². The Morgan fingerprint density at radius 3 is 1.78 bits per heavy atom. The Bertz CT molecular complexity index is 285. The summed E-state index contributed by atoms with van der Waals surface area (Å²) >= 11 is 0. The van der Waals surface area contributed by atoms with E-state index in [-0.39, 0.29) is 6.42 Å². The lowest BCUT2D eigenvalue weighted by atomic mass is 10.2. The maximum atomic E-state index is 10.6. The predicted molar refractivity (Wildman–Crippen MR) is 52.2 cm³/mol. The monoisotopic (exact) mass is 275 g/mol. The van der Waals surface area contributed by atoms with E-state index >= 15 is 0 Å². The van der Waals surface area contributed by atoms with E-state index in [4.69, 9.17) is 15.0 Å². The Kier molecular flexibility index (Phi) is 7.56. The van der Waals surface area contributed by atoms with Crippen LogP contribution in [0.2, 0.25) is 0 Å². The number of aliphatic carboxylic acids is 2. The number of carbonyl (C=O) groups excluding carboxylic acids is 1. The van der Waals surface area contributed by atoms with Crippen LogP contribution in [0.1, 0.15) is 6.42 Å². The van der Waals surface area contributed by atoms with Crippen molar-refractivity contribution in [3.63, 3.8) is 0 Å². The van der Waals surface area contributed by atoms with Gasteiger partial charge in [0, 0.05) is 12.4 Å². The van der Waals surface area contributed by atoms with E-state index in [0.29, 0.717) is 11.0 Å². The fourth-order valence-corrected chi connectivity index (χ4v) is 0.889. The molecule has 0 fully saturated rings. The molecule has 0 aliphatic heterocycles. The second kappa shape index (κ2) is 7.17. The average molecular weight is 275 g/mol. The summed E-state index contributed by atoms with van der Waals surface area (Å²) in [6.45, 7) is 0.425. The molecule has 1 atom stereocenters. The van der Waals surface area contributed by atoms with Gasteiger partial charge in [-0.2, -0.15) is 13.2 Å². The molecule has 0 heterocycles. The Morgan fingerprint density at radius 1 is 1.28 bits per heavy atom. The number of likely N-dealkylation sites (N-methyl/N-ethyl adjacent to an activating group) is 1. The van der Waals surface area contributed by atoms with Crippen molar-refractivity contribution >= 4 is 11.9 Å². The Balaban J connectivity index is 0. The predicted octanol–water partition coefficient (Wildman–Crippen LogP) is -1.17. The van der Waals surface area contributed by atoms with Crippen LogP contribution in [-0.4, -0.2) is 66.6 Å². The number of hydrogen-bond donors (Lipinski definition) is 2. The summed E-state index contributed by atoms with van der Waals surface area (Å²) in [4.78, 5) is 18.9. The van der Waals surface area contributed by atoms with Crippen LogP contribution in [0, 0.1) is 0 Å². The molecular weight excluding hydrogens is 259 g/mol. The van der Waals surface area contributed by atoms with Gasteiger partial charge in [0.05, 0.1) is 21.1 Å². The molecule has 0 unspecified atom stereocenters. The fraction of sp³-hybridized carbons (Fsp3) is 0.778. The van der Waals surface area contributed by atoms with Crippen LogP contribution in [0.3, 0.4) is 0 Å². The molecule has 6 nitrogen and oxygen atoms in total. The van der Waals surface area contributed by atoms with Crippen LogP contribution in [0.25, 0.3) is 0 Å². The van der Waals surface area contributed by atoms with Crippen LogP contribution >= 0.6 is 0 Å². The van der Waals surface area contributed by atoms with Gasteiger partial charge in [-0.1, -0.05) is 0 Å². The average Bonchev–Trinajstić information content (AvgIpc) is 1.96. The molecule has 108 valence electrons. The van der Waals surface area contributed by atoms with E-state index in [1.54, 1.807) is 0 Å². The maximum absolute atomic E-state index is 10.6. The molecule has 0 saturated heterocycles. The Morgan fingerprint density at radius 2 is 1.61 bits per heavy atom. The summed E-state index contributed by atoms with van der Waals surface area (Å²) in [6.07, 6.45) is -6.17. The Hall–Kier alpha value is -1.35. The molecule has 9 heteroatoms. The molecule has 0 spiro atoms. The van der Waals surface area contributed by atoms with Crippen molar-refractivity contribution in [2.24, 2.45) is 0 Å². The van der Waals surface area contributed by atoms with Gasteiger partial charge in [-0.15, -0.1) is 0 Å². The van der Waals surface area contributed by atoms with E-state index < -0.39 is 24.2 Å². The molecule has 0 aliphatic carbocycles. The van der Waals surface area contributed by atoms with Gasteiger partial charge in [0.2, 0.25) is 0 Å². The van der Waals surface area contributed by atoms with Crippen molar-refractivity contribution in [3.05, 3.63) is 0 Å². The van der Waals surface area contributed by atoms with Crippen molar-refractivity contribution in [2.75, 3.05) is 27.7 Å². The van der Waals surface area contributed by atoms with Gasteiger partial charge in [-0.05, 0) is 0 Å². The molecule has 2 N–H and O–H groups in total. The lowest BCUT2D eigenvalue weighted by molar-refractivity contribution is -0.873. The number of aliphatic hydroxyl groups is 1. The number of carboxylic acids is 2. The smallest absolute Gasteiger partial charge is 0.490 e. The molecule has 0 aromatic carbocycles. The van der Waals surface area contributed by atoms with Crippen molar-refractivity contribution < 1.29 is 42.6 Å². The van der Waals surface area contributed by atoms with Crippen LogP contribution in [-0.2, 0) is 9.59 Å². The number of hydrogen-bond acceptors (Lipinski definition) is 4. The summed E-state index contributed by atoms with van der Waals surface area (Å²) in [6, 6.07) is 0. The minimum absolute atomic E-state index is 0.282. The molecule has 0 amide bonds. The van der Waals surface area contributed by atoms with E-state index in [1.165, 1.54) is 0 Å². The zero-order chi connectivity index (χ0) is 15.1. The van der Waals surface area contributed by atoms with E-state index in [2.05, 4.69) is 0 Å². The zero-order valence-corrected chi connectivity index (χ0v) is 10.2. The van der Waals surface area contributed by atoms with Crippen molar-refractivity contribution in [1.29, 1.82) is 0 Å². The standard InChI is InChI=1S/C7H15NO3.C2HF3O2/c1-8(2,3)5-6(9)4-7(10)11;3-2(4,5)1(6)7/h6,9H,4-5H2,1-3H3;(H,6,7)/t6-;/m1./s1. The van der Waals surface area contributed by atoms with Crippen molar-refractivity contribution in [1.82, 2.24) is 0 Å². The maximum Gasteiger partial charge on any atom is 0.490 e. The number of alkyl halides is 3. The van der Waals surface area contributed by atoms with Crippen LogP contribution in [0.15, 0.2) is 0 Å². The zero-order valence-electron chi connectivity index (χ0n) is 10.2. The molecule has 0 bridgehead atoms. The van der Waals surface area contributed by atoms with Crippen LogP contribution < -0.4 is 5.11 Å². The Labute approximate surface area is 102 Å². The molecule has 0 aromatic heterocycles. The summed E-state index contributed by atoms with van der Waals surface area (Å²) in [5, 5.41) is 26.3. The molecule has 0 aliphatic rings. The second-order valence-electron chi connectivity index (χ2n) is 4.51. The van der Waals surface area contributed by atoms with Crippen molar-refractivity contribution in [2.45, 2.75) is 18.7 Å². The third kappa shape index (κ3) is 14.6. The van der Waals surface area contributed by atoms with Crippen molar-refractivity contribution in [3.8, 4) is 0 Å². The van der Waals surface area contributed by atoms with Crippen LogP contribution in [0.4, 0.5) is 13.2 Å². The first-order chi connectivity index (χ1) is 7.75. The molecule has 0 aromatic rings. The first-order valence-electron chi connectivity index (χ1n) is 4.74. The molecular formula is C9H16F3NO5. The number of quaternary nitrogens is 1. The molecule has 0 saturated carbocycles. The highest BCUT2D eigenvalue weighted by Crippen LogP contribution is 2.13. The largest absolute Gasteiger partial charge is 0.550 e. The highest BCUT2D eigenvalue weighted by Gasteiger charge is 2.38. The number of carboxylic acid groups (broad SMARTS) is 2. The normalized spacial score (nSPS) is 13.3. The van der Waals surface area contributed by atoms with Gasteiger partial charge < -0.3 is 24.6 Å². The summed E-state index contributed by atoms with van der Waals surface area (Å²) < 4.78 is 32.3. The first-order valence-corrected chi connectivity index (χ1v) is 4.74. The molecule has 0 rings (SSSR count). The summed E-state index contributed by atoms with van der Waals surface area (Å²) in [5.74, 6) is -3.96. The topological polar surface area (TPSA) is 97.7 Å². The SMILES string of the molecule is C[N+](C)(C)C[C@H](O)CC(=O)[O-].O=C(O)C(F)(F)F. The van der Waals surface area contributed by atoms with Gasteiger partial charge in [-0.25, -0.2) is 4.79 Å². The lowest BCUT2D eigenvalue weighted by Crippen LogP contribution is -2.43. The fourth-order valence-electron chi connectivity index (χ4n) is 0.889. The van der Waals surface area contributed by atoms with Gasteiger partial charge in [0.15, 0.2) is 0 Å². The van der Waals surface area contributed by atoms with E-state index in [0.717, 1.165) is 0 Å². The highest BCUT2D eigenvalue weighted by atomic mass is 19.4. The quantitative estimate of drug-likeness (QED) is 0.630. The number of nitrogens with zero attached hydrogens (tertiary/aromatic N) is 1. The molecule has 0 radical (unpaired) electrons. The second-order valence-corrected chi connectivity index (χ2v) is 4.51. The minimum Gasteiger partial charge on any atom is -0.550 e.